The molecule has 6 aromatic carbocycles. The van der Waals surface area contributed by atoms with Gasteiger partial charge in [-0.15, -0.1) is 0 Å². The normalized spacial score (nSPS) is 11.2. The van der Waals surface area contributed by atoms with Crippen molar-refractivity contribution >= 4 is 39.0 Å². The predicted molar refractivity (Wildman–Crippen MR) is 159 cm³/mol. The highest BCUT2D eigenvalue weighted by Gasteiger charge is 2.16. The monoisotopic (exact) mass is 487 g/mol. The highest BCUT2D eigenvalue weighted by atomic mass is 16.3. The van der Waals surface area contributed by atoms with Crippen molar-refractivity contribution < 1.29 is 4.42 Å². The summed E-state index contributed by atoms with van der Waals surface area (Å²) >= 11 is 0. The Labute approximate surface area is 222 Å². The third-order valence-corrected chi connectivity index (χ3v) is 7.07. The molecule has 1 heterocycles. The Hall–Kier alpha value is -5.08. The first-order valence-corrected chi connectivity index (χ1v) is 12.9. The molecule has 1 aromatic heterocycles. The average molecular weight is 488 g/mol. The average Bonchev–Trinajstić information content (AvgIpc) is 3.38. The van der Waals surface area contributed by atoms with Gasteiger partial charge in [0.15, 0.2) is 0 Å². The number of furan rings is 1. The SMILES string of the molecule is c1ccc(-c2ccc(N(c3ccccc3)c3cccc(-c4cccc5c4oc4ccccc45)c3)cc2)cc1. The number of anilines is 3. The molecule has 0 spiro atoms. The first kappa shape index (κ1) is 22.1. The van der Waals surface area contributed by atoms with Crippen LogP contribution in [0.3, 0.4) is 0 Å². The van der Waals surface area contributed by atoms with E-state index in [0.29, 0.717) is 0 Å². The van der Waals surface area contributed by atoms with Gasteiger partial charge in [-0.25, -0.2) is 0 Å². The van der Waals surface area contributed by atoms with Gasteiger partial charge in [0.2, 0.25) is 0 Å². The van der Waals surface area contributed by atoms with Crippen LogP contribution in [-0.4, -0.2) is 0 Å². The molecule has 0 amide bonds. The van der Waals surface area contributed by atoms with Crippen LogP contribution in [0.2, 0.25) is 0 Å². The van der Waals surface area contributed by atoms with Gasteiger partial charge in [0.05, 0.1) is 0 Å². The van der Waals surface area contributed by atoms with Gasteiger partial charge in [-0.2, -0.15) is 0 Å². The second kappa shape index (κ2) is 9.42. The van der Waals surface area contributed by atoms with E-state index in [1.54, 1.807) is 0 Å². The van der Waals surface area contributed by atoms with Crippen molar-refractivity contribution in [2.75, 3.05) is 4.90 Å². The molecule has 0 N–H and O–H groups in total. The molecule has 0 unspecified atom stereocenters. The Morgan fingerprint density at radius 3 is 1.79 bits per heavy atom. The molecule has 38 heavy (non-hydrogen) atoms. The fourth-order valence-corrected chi connectivity index (χ4v) is 5.24. The summed E-state index contributed by atoms with van der Waals surface area (Å²) in [5, 5.41) is 2.28. The van der Waals surface area contributed by atoms with E-state index in [1.807, 2.05) is 18.2 Å². The topological polar surface area (TPSA) is 16.4 Å². The summed E-state index contributed by atoms with van der Waals surface area (Å²) in [5.74, 6) is 0. The third-order valence-electron chi connectivity index (χ3n) is 7.07. The fraction of sp³-hybridized carbons (Fsp3) is 0. The van der Waals surface area contributed by atoms with Crippen molar-refractivity contribution in [2.24, 2.45) is 0 Å². The number of rotatable bonds is 5. The molecule has 7 rings (SSSR count). The van der Waals surface area contributed by atoms with Crippen molar-refractivity contribution in [1.82, 2.24) is 0 Å². The molecule has 0 saturated carbocycles. The lowest BCUT2D eigenvalue weighted by molar-refractivity contribution is 0.670. The highest BCUT2D eigenvalue weighted by Crippen LogP contribution is 2.40. The molecule has 0 bridgehead atoms. The van der Waals surface area contributed by atoms with Crippen molar-refractivity contribution in [3.63, 3.8) is 0 Å². The van der Waals surface area contributed by atoms with Gasteiger partial charge in [0, 0.05) is 33.4 Å². The van der Waals surface area contributed by atoms with Crippen LogP contribution in [0.5, 0.6) is 0 Å². The van der Waals surface area contributed by atoms with Gasteiger partial charge in [-0.1, -0.05) is 109 Å². The Balaban J connectivity index is 1.35. The van der Waals surface area contributed by atoms with Gasteiger partial charge in [-0.05, 0) is 59.2 Å². The molecule has 0 fully saturated rings. The molecular formula is C36H25NO. The van der Waals surface area contributed by atoms with Crippen molar-refractivity contribution in [3.05, 3.63) is 152 Å². The van der Waals surface area contributed by atoms with E-state index in [1.165, 1.54) is 11.1 Å². The molecule has 7 aromatic rings. The summed E-state index contributed by atoms with van der Waals surface area (Å²) in [6, 6.07) is 53.1. The lowest BCUT2D eigenvalue weighted by Gasteiger charge is -2.26. The minimum Gasteiger partial charge on any atom is -0.455 e. The zero-order valence-electron chi connectivity index (χ0n) is 20.8. The summed E-state index contributed by atoms with van der Waals surface area (Å²) in [4.78, 5) is 2.30. The van der Waals surface area contributed by atoms with Crippen molar-refractivity contribution in [2.45, 2.75) is 0 Å². The van der Waals surface area contributed by atoms with E-state index in [9.17, 15) is 0 Å². The summed E-state index contributed by atoms with van der Waals surface area (Å²) in [6.07, 6.45) is 0. The van der Waals surface area contributed by atoms with E-state index < -0.39 is 0 Å². The number of nitrogens with zero attached hydrogens (tertiary/aromatic N) is 1. The van der Waals surface area contributed by atoms with Gasteiger partial charge >= 0.3 is 0 Å². The minimum absolute atomic E-state index is 0.913. The van der Waals surface area contributed by atoms with Crippen LogP contribution in [0, 0.1) is 0 Å². The van der Waals surface area contributed by atoms with Crippen molar-refractivity contribution in [1.29, 1.82) is 0 Å². The maximum absolute atomic E-state index is 6.35. The summed E-state index contributed by atoms with van der Waals surface area (Å²) in [7, 11) is 0. The number of fused-ring (bicyclic) bond motifs is 3. The molecule has 0 saturated heterocycles. The molecular weight excluding hydrogens is 462 g/mol. The van der Waals surface area contributed by atoms with Crippen LogP contribution in [0.1, 0.15) is 0 Å². The molecule has 0 radical (unpaired) electrons. The van der Waals surface area contributed by atoms with Crippen LogP contribution in [0.15, 0.2) is 156 Å². The van der Waals surface area contributed by atoms with Gasteiger partial charge in [-0.3, -0.25) is 0 Å². The van der Waals surface area contributed by atoms with Crippen LogP contribution in [0.4, 0.5) is 17.1 Å². The second-order valence-electron chi connectivity index (χ2n) is 9.41. The van der Waals surface area contributed by atoms with Gasteiger partial charge < -0.3 is 9.32 Å². The first-order chi connectivity index (χ1) is 18.8. The quantitative estimate of drug-likeness (QED) is 0.240. The lowest BCUT2D eigenvalue weighted by Crippen LogP contribution is -2.09. The molecule has 0 atom stereocenters. The van der Waals surface area contributed by atoms with Gasteiger partial charge in [0.25, 0.3) is 0 Å². The standard InChI is InChI=1S/C36H25NO/c1-3-11-26(12-4-1)27-21-23-30(24-22-27)37(29-14-5-2-6-15-29)31-16-9-13-28(25-31)32-18-10-19-34-33-17-7-8-20-35(33)38-36(32)34/h1-25H. The molecule has 0 aliphatic heterocycles. The first-order valence-electron chi connectivity index (χ1n) is 12.9. The van der Waals surface area contributed by atoms with Crippen molar-refractivity contribution in [3.8, 4) is 22.3 Å². The Bertz CT molecular complexity index is 1850. The third kappa shape index (κ3) is 3.93. The minimum atomic E-state index is 0.913. The number of hydrogen-bond acceptors (Lipinski definition) is 2. The number of para-hydroxylation sites is 3. The summed E-state index contributed by atoms with van der Waals surface area (Å²) < 4.78 is 6.35. The van der Waals surface area contributed by atoms with E-state index >= 15 is 0 Å². The van der Waals surface area contributed by atoms with Gasteiger partial charge in [0.1, 0.15) is 11.2 Å². The maximum atomic E-state index is 6.35. The van der Waals surface area contributed by atoms with Crippen LogP contribution in [-0.2, 0) is 0 Å². The highest BCUT2D eigenvalue weighted by molar-refractivity contribution is 6.09. The second-order valence-corrected chi connectivity index (χ2v) is 9.41. The Kier molecular flexibility index (Phi) is 5.49. The summed E-state index contributed by atoms with van der Waals surface area (Å²) in [6.45, 7) is 0. The van der Waals surface area contributed by atoms with E-state index in [2.05, 4.69) is 138 Å². The van der Waals surface area contributed by atoms with Crippen LogP contribution in [0.25, 0.3) is 44.2 Å². The van der Waals surface area contributed by atoms with E-state index in [4.69, 9.17) is 4.42 Å². The largest absolute Gasteiger partial charge is 0.455 e. The van der Waals surface area contributed by atoms with E-state index in [0.717, 1.165) is 50.1 Å². The fourth-order valence-electron chi connectivity index (χ4n) is 5.24. The molecule has 2 nitrogen and oxygen atoms in total. The zero-order valence-corrected chi connectivity index (χ0v) is 20.8. The molecule has 2 heteroatoms. The lowest BCUT2D eigenvalue weighted by atomic mass is 10.0. The predicted octanol–water partition coefficient (Wildman–Crippen LogP) is 10.4. The molecule has 0 aliphatic rings. The Morgan fingerprint density at radius 1 is 0.395 bits per heavy atom. The van der Waals surface area contributed by atoms with Crippen LogP contribution >= 0.6 is 0 Å². The Morgan fingerprint density at radius 2 is 0.974 bits per heavy atom. The molecule has 180 valence electrons. The number of benzene rings is 6. The number of hydrogen-bond donors (Lipinski definition) is 0. The maximum Gasteiger partial charge on any atom is 0.143 e. The van der Waals surface area contributed by atoms with E-state index in [-0.39, 0.29) is 0 Å². The van der Waals surface area contributed by atoms with Crippen LogP contribution < -0.4 is 4.90 Å². The smallest absolute Gasteiger partial charge is 0.143 e. The summed E-state index contributed by atoms with van der Waals surface area (Å²) in [5.41, 5.74) is 9.77. The molecule has 0 aliphatic carbocycles. The zero-order chi connectivity index (χ0) is 25.3.